The van der Waals surface area contributed by atoms with E-state index >= 15 is 0 Å². The molecule has 0 radical (unpaired) electrons. The van der Waals surface area contributed by atoms with Crippen molar-refractivity contribution in [3.05, 3.63) is 77.4 Å². The Bertz CT molecular complexity index is 839. The van der Waals surface area contributed by atoms with Crippen LogP contribution in [0, 0.1) is 5.92 Å². The van der Waals surface area contributed by atoms with E-state index in [0.717, 1.165) is 25.9 Å². The van der Waals surface area contributed by atoms with Crippen LogP contribution in [0.5, 0.6) is 0 Å². The molecule has 2 aliphatic rings. The van der Waals surface area contributed by atoms with Crippen LogP contribution in [0.25, 0.3) is 6.08 Å². The summed E-state index contributed by atoms with van der Waals surface area (Å²) in [6, 6.07) is 22.1. The minimum atomic E-state index is 0.366. The van der Waals surface area contributed by atoms with Gasteiger partial charge in [-0.1, -0.05) is 67.1 Å². The lowest BCUT2D eigenvalue weighted by atomic mass is 9.85. The highest BCUT2D eigenvalue weighted by Gasteiger charge is 2.39. The van der Waals surface area contributed by atoms with E-state index in [1.807, 2.05) is 0 Å². The SMILES string of the molecule is CN(C)CCCN1N=C2/C(=C\c3ccccc3)CCCCC2C1c1ccccc1. The molecule has 29 heavy (non-hydrogen) atoms. The molecule has 1 fully saturated rings. The Morgan fingerprint density at radius 1 is 1.00 bits per heavy atom. The summed E-state index contributed by atoms with van der Waals surface area (Å²) in [5, 5.41) is 7.66. The smallest absolute Gasteiger partial charge is 0.0804 e. The summed E-state index contributed by atoms with van der Waals surface area (Å²) >= 11 is 0. The van der Waals surface area contributed by atoms with Gasteiger partial charge in [0.2, 0.25) is 0 Å². The Labute approximate surface area is 175 Å². The Morgan fingerprint density at radius 3 is 2.45 bits per heavy atom. The fourth-order valence-electron chi connectivity index (χ4n) is 4.73. The molecule has 1 heterocycles. The number of rotatable bonds is 6. The molecule has 1 aliphatic heterocycles. The largest absolute Gasteiger partial charge is 0.309 e. The lowest BCUT2D eigenvalue weighted by Gasteiger charge is -2.29. The van der Waals surface area contributed by atoms with Crippen LogP contribution in [0.1, 0.15) is 49.3 Å². The zero-order valence-corrected chi connectivity index (χ0v) is 17.8. The summed E-state index contributed by atoms with van der Waals surface area (Å²) in [6.45, 7) is 2.11. The van der Waals surface area contributed by atoms with Crippen LogP contribution in [0.4, 0.5) is 0 Å². The van der Waals surface area contributed by atoms with E-state index in [-0.39, 0.29) is 0 Å². The second kappa shape index (κ2) is 9.41. The van der Waals surface area contributed by atoms with E-state index in [4.69, 9.17) is 5.10 Å². The number of benzene rings is 2. The van der Waals surface area contributed by atoms with Gasteiger partial charge in [-0.3, -0.25) is 5.01 Å². The van der Waals surface area contributed by atoms with Gasteiger partial charge < -0.3 is 4.90 Å². The first kappa shape index (κ1) is 19.9. The number of nitrogens with zero attached hydrogens (tertiary/aromatic N) is 3. The summed E-state index contributed by atoms with van der Waals surface area (Å²) in [4.78, 5) is 2.26. The maximum atomic E-state index is 5.27. The van der Waals surface area contributed by atoms with Gasteiger partial charge in [0.15, 0.2) is 0 Å². The molecule has 2 aromatic carbocycles. The van der Waals surface area contributed by atoms with Crippen molar-refractivity contribution in [3.63, 3.8) is 0 Å². The highest BCUT2D eigenvalue weighted by Crippen LogP contribution is 2.43. The molecule has 2 unspecified atom stereocenters. The number of fused-ring (bicyclic) bond motifs is 1. The lowest BCUT2D eigenvalue weighted by molar-refractivity contribution is 0.188. The summed E-state index contributed by atoms with van der Waals surface area (Å²) in [5.74, 6) is 0.495. The van der Waals surface area contributed by atoms with Gasteiger partial charge in [-0.2, -0.15) is 5.10 Å². The van der Waals surface area contributed by atoms with Crippen molar-refractivity contribution in [2.24, 2.45) is 11.0 Å². The molecule has 1 aliphatic carbocycles. The van der Waals surface area contributed by atoms with E-state index in [9.17, 15) is 0 Å². The molecule has 3 nitrogen and oxygen atoms in total. The minimum Gasteiger partial charge on any atom is -0.309 e. The first-order valence-electron chi connectivity index (χ1n) is 11.0. The Kier molecular flexibility index (Phi) is 6.46. The molecule has 2 aromatic rings. The standard InChI is InChI=1S/C26H33N3/c1-28(2)18-11-19-29-26(22-14-7-4-8-15-22)24-17-10-9-16-23(25(24)27-29)20-21-12-5-3-6-13-21/h3-8,12-15,20,24,26H,9-11,16-19H2,1-2H3/b23-20-. The average Bonchev–Trinajstić information content (AvgIpc) is 2.98. The predicted molar refractivity (Wildman–Crippen MR) is 123 cm³/mol. The summed E-state index contributed by atoms with van der Waals surface area (Å²) in [6.07, 6.45) is 8.42. The van der Waals surface area contributed by atoms with E-state index in [1.165, 1.54) is 41.7 Å². The Hall–Kier alpha value is -2.39. The zero-order valence-electron chi connectivity index (χ0n) is 17.8. The monoisotopic (exact) mass is 387 g/mol. The van der Waals surface area contributed by atoms with Crippen molar-refractivity contribution in [3.8, 4) is 0 Å². The summed E-state index contributed by atoms with van der Waals surface area (Å²) in [7, 11) is 4.30. The summed E-state index contributed by atoms with van der Waals surface area (Å²) in [5.41, 5.74) is 5.47. The third kappa shape index (κ3) is 4.79. The highest BCUT2D eigenvalue weighted by atomic mass is 15.5. The molecule has 3 heteroatoms. The molecule has 0 bridgehead atoms. The highest BCUT2D eigenvalue weighted by molar-refractivity contribution is 6.06. The van der Waals surface area contributed by atoms with Crippen LogP contribution in [-0.2, 0) is 0 Å². The minimum absolute atomic E-state index is 0.366. The van der Waals surface area contributed by atoms with Gasteiger partial charge in [-0.05, 0) is 69.1 Å². The molecule has 2 atom stereocenters. The molecule has 0 saturated heterocycles. The Morgan fingerprint density at radius 2 is 1.72 bits per heavy atom. The predicted octanol–water partition coefficient (Wildman–Crippen LogP) is 5.62. The molecular formula is C26H33N3. The van der Waals surface area contributed by atoms with Gasteiger partial charge in [-0.15, -0.1) is 0 Å². The van der Waals surface area contributed by atoms with Crippen molar-refractivity contribution in [2.45, 2.75) is 38.1 Å². The topological polar surface area (TPSA) is 18.8 Å². The molecule has 0 amide bonds. The lowest BCUT2D eigenvalue weighted by Crippen LogP contribution is -2.28. The van der Waals surface area contributed by atoms with Gasteiger partial charge in [0.25, 0.3) is 0 Å². The molecule has 4 rings (SSSR count). The molecule has 0 spiro atoms. The number of hydrogen-bond donors (Lipinski definition) is 0. The van der Waals surface area contributed by atoms with E-state index in [1.54, 1.807) is 0 Å². The van der Waals surface area contributed by atoms with Crippen LogP contribution in [-0.4, -0.2) is 42.8 Å². The first-order chi connectivity index (χ1) is 14.2. The van der Waals surface area contributed by atoms with E-state index in [2.05, 4.69) is 90.7 Å². The van der Waals surface area contributed by atoms with Crippen LogP contribution in [0.2, 0.25) is 0 Å². The van der Waals surface area contributed by atoms with Gasteiger partial charge in [-0.25, -0.2) is 0 Å². The number of allylic oxidation sites excluding steroid dienone is 1. The van der Waals surface area contributed by atoms with Crippen LogP contribution >= 0.6 is 0 Å². The quantitative estimate of drug-likeness (QED) is 0.640. The maximum Gasteiger partial charge on any atom is 0.0804 e. The van der Waals surface area contributed by atoms with E-state index in [0.29, 0.717) is 12.0 Å². The third-order valence-electron chi connectivity index (χ3n) is 6.10. The van der Waals surface area contributed by atoms with Crippen molar-refractivity contribution >= 4 is 11.8 Å². The van der Waals surface area contributed by atoms with Crippen molar-refractivity contribution in [1.29, 1.82) is 0 Å². The van der Waals surface area contributed by atoms with Gasteiger partial charge in [0, 0.05) is 12.5 Å². The average molecular weight is 388 g/mol. The second-order valence-electron chi connectivity index (χ2n) is 8.59. The second-order valence-corrected chi connectivity index (χ2v) is 8.59. The fraction of sp³-hybridized carbons (Fsp3) is 0.423. The van der Waals surface area contributed by atoms with Gasteiger partial charge in [0.1, 0.15) is 0 Å². The van der Waals surface area contributed by atoms with Crippen molar-refractivity contribution < 1.29 is 0 Å². The zero-order chi connectivity index (χ0) is 20.1. The van der Waals surface area contributed by atoms with Crippen molar-refractivity contribution in [2.75, 3.05) is 27.2 Å². The Balaban J connectivity index is 1.67. The van der Waals surface area contributed by atoms with Crippen LogP contribution in [0.15, 0.2) is 71.3 Å². The molecular weight excluding hydrogens is 354 g/mol. The number of hydrazone groups is 1. The van der Waals surface area contributed by atoms with Crippen molar-refractivity contribution in [1.82, 2.24) is 9.91 Å². The molecule has 0 N–H and O–H groups in total. The van der Waals surface area contributed by atoms with Gasteiger partial charge >= 0.3 is 0 Å². The summed E-state index contributed by atoms with van der Waals surface area (Å²) < 4.78 is 0. The van der Waals surface area contributed by atoms with Gasteiger partial charge in [0.05, 0.1) is 11.8 Å². The molecule has 1 saturated carbocycles. The first-order valence-corrected chi connectivity index (χ1v) is 11.0. The fourth-order valence-corrected chi connectivity index (χ4v) is 4.73. The van der Waals surface area contributed by atoms with E-state index < -0.39 is 0 Å². The normalized spacial score (nSPS) is 23.2. The third-order valence-corrected chi connectivity index (χ3v) is 6.10. The maximum absolute atomic E-state index is 5.27. The van der Waals surface area contributed by atoms with Crippen LogP contribution < -0.4 is 0 Å². The number of hydrogen-bond acceptors (Lipinski definition) is 3. The molecule has 152 valence electrons. The molecule has 0 aromatic heterocycles. The van der Waals surface area contributed by atoms with Crippen LogP contribution in [0.3, 0.4) is 0 Å².